The van der Waals surface area contributed by atoms with Gasteiger partial charge in [-0.05, 0) is 19.1 Å². The van der Waals surface area contributed by atoms with E-state index in [1.807, 2.05) is 0 Å². The largest absolute Gasteiger partial charge is 0.464 e. The molecule has 2 atom stereocenters. The first-order valence-corrected chi connectivity index (χ1v) is 8.58. The fourth-order valence-corrected chi connectivity index (χ4v) is 3.30. The summed E-state index contributed by atoms with van der Waals surface area (Å²) in [7, 11) is 0. The van der Waals surface area contributed by atoms with Crippen molar-refractivity contribution in [2.24, 2.45) is 0 Å². The Morgan fingerprint density at radius 1 is 1.40 bits per heavy atom. The van der Waals surface area contributed by atoms with E-state index >= 15 is 0 Å². The van der Waals surface area contributed by atoms with Crippen molar-refractivity contribution in [1.29, 1.82) is 0 Å². The van der Waals surface area contributed by atoms with Crippen LogP contribution in [0.25, 0.3) is 0 Å². The number of benzene rings is 1. The van der Waals surface area contributed by atoms with Gasteiger partial charge in [-0.1, -0.05) is 0 Å². The van der Waals surface area contributed by atoms with E-state index in [2.05, 4.69) is 10.6 Å². The molecular formula is C15H17N3O6S. The van der Waals surface area contributed by atoms with Crippen molar-refractivity contribution in [2.45, 2.75) is 24.6 Å². The van der Waals surface area contributed by atoms with Crippen LogP contribution in [0.5, 0.6) is 0 Å². The normalized spacial score (nSPS) is 19.6. The van der Waals surface area contributed by atoms with Crippen molar-refractivity contribution in [1.82, 2.24) is 5.32 Å². The average molecular weight is 367 g/mol. The monoisotopic (exact) mass is 367 g/mol. The van der Waals surface area contributed by atoms with E-state index in [-0.39, 0.29) is 18.7 Å². The van der Waals surface area contributed by atoms with Gasteiger partial charge in [0.2, 0.25) is 11.8 Å². The quantitative estimate of drug-likeness (QED) is 0.437. The number of nitrogens with one attached hydrogen (secondary N) is 2. The SMILES string of the molecule is CCOC(=O)[C@H]1CS[C@H](CC(=O)Nc2ccc([N+](=O)[O-])cc2)C(=O)N1. The third kappa shape index (κ3) is 5.18. The Bertz CT molecular complexity index is 678. The summed E-state index contributed by atoms with van der Waals surface area (Å²) >= 11 is 1.22. The van der Waals surface area contributed by atoms with Gasteiger partial charge in [0.15, 0.2) is 0 Å². The number of rotatable bonds is 6. The van der Waals surface area contributed by atoms with Crippen LogP contribution in [0.1, 0.15) is 13.3 Å². The minimum absolute atomic E-state index is 0.0664. The molecule has 10 heteroatoms. The zero-order chi connectivity index (χ0) is 18.4. The lowest BCUT2D eigenvalue weighted by Gasteiger charge is -2.27. The minimum Gasteiger partial charge on any atom is -0.464 e. The van der Waals surface area contributed by atoms with Gasteiger partial charge < -0.3 is 15.4 Å². The number of hydrogen-bond donors (Lipinski definition) is 2. The molecule has 2 rings (SSSR count). The van der Waals surface area contributed by atoms with Crippen molar-refractivity contribution in [3.63, 3.8) is 0 Å². The highest BCUT2D eigenvalue weighted by Crippen LogP contribution is 2.22. The lowest BCUT2D eigenvalue weighted by molar-refractivity contribution is -0.384. The van der Waals surface area contributed by atoms with Gasteiger partial charge in [-0.15, -0.1) is 11.8 Å². The molecule has 1 aromatic carbocycles. The third-order valence-electron chi connectivity index (χ3n) is 3.38. The molecule has 2 N–H and O–H groups in total. The summed E-state index contributed by atoms with van der Waals surface area (Å²) < 4.78 is 4.86. The van der Waals surface area contributed by atoms with E-state index in [0.717, 1.165) is 0 Å². The lowest BCUT2D eigenvalue weighted by Crippen LogP contribution is -2.51. The number of esters is 1. The Labute approximate surface area is 147 Å². The van der Waals surface area contributed by atoms with Crippen LogP contribution < -0.4 is 10.6 Å². The van der Waals surface area contributed by atoms with Crippen LogP contribution in [0.4, 0.5) is 11.4 Å². The van der Waals surface area contributed by atoms with Gasteiger partial charge in [-0.2, -0.15) is 0 Å². The van der Waals surface area contributed by atoms with E-state index in [1.165, 1.54) is 36.0 Å². The van der Waals surface area contributed by atoms with Gasteiger partial charge in [-0.25, -0.2) is 4.79 Å². The lowest BCUT2D eigenvalue weighted by atomic mass is 10.2. The summed E-state index contributed by atoms with van der Waals surface area (Å²) in [5.41, 5.74) is 0.325. The zero-order valence-electron chi connectivity index (χ0n) is 13.4. The molecule has 25 heavy (non-hydrogen) atoms. The fraction of sp³-hybridized carbons (Fsp3) is 0.400. The van der Waals surface area contributed by atoms with Crippen LogP contribution in [0.2, 0.25) is 0 Å². The second-order valence-corrected chi connectivity index (χ2v) is 6.43. The molecule has 0 aromatic heterocycles. The molecule has 0 bridgehead atoms. The molecule has 1 aliphatic heterocycles. The standard InChI is InChI=1S/C15H17N3O6S/c1-2-24-15(21)11-8-25-12(14(20)17-11)7-13(19)16-9-3-5-10(6-4-9)18(22)23/h3-6,11-12H,2,7-8H2,1H3,(H,16,19)(H,17,20)/t11-,12-/m1/s1. The Morgan fingerprint density at radius 3 is 2.64 bits per heavy atom. The summed E-state index contributed by atoms with van der Waals surface area (Å²) in [5.74, 6) is -0.943. The molecule has 0 aliphatic carbocycles. The first-order valence-electron chi connectivity index (χ1n) is 7.53. The Hall–Kier alpha value is -2.62. The zero-order valence-corrected chi connectivity index (χ0v) is 14.2. The molecule has 2 amide bonds. The maximum atomic E-state index is 12.0. The number of nitro groups is 1. The van der Waals surface area contributed by atoms with Crippen LogP contribution in [-0.2, 0) is 19.1 Å². The summed E-state index contributed by atoms with van der Waals surface area (Å²) in [6, 6.07) is 4.69. The van der Waals surface area contributed by atoms with Crippen molar-refractivity contribution in [3.05, 3.63) is 34.4 Å². The number of amides is 2. The molecule has 1 aliphatic rings. The van der Waals surface area contributed by atoms with Crippen LogP contribution >= 0.6 is 11.8 Å². The first kappa shape index (κ1) is 18.7. The van der Waals surface area contributed by atoms with Crippen LogP contribution in [0, 0.1) is 10.1 Å². The number of thioether (sulfide) groups is 1. The maximum absolute atomic E-state index is 12.0. The van der Waals surface area contributed by atoms with E-state index in [9.17, 15) is 24.5 Å². The Kier molecular flexibility index (Phi) is 6.34. The van der Waals surface area contributed by atoms with E-state index in [1.54, 1.807) is 6.92 Å². The summed E-state index contributed by atoms with van der Waals surface area (Å²) in [6.45, 7) is 1.91. The number of hydrogen-bond acceptors (Lipinski definition) is 7. The number of nitro benzene ring substituents is 1. The molecule has 1 fully saturated rings. The van der Waals surface area contributed by atoms with Gasteiger partial charge in [0.1, 0.15) is 6.04 Å². The number of anilines is 1. The third-order valence-corrected chi connectivity index (χ3v) is 4.69. The van der Waals surface area contributed by atoms with Gasteiger partial charge in [0, 0.05) is 30.0 Å². The van der Waals surface area contributed by atoms with Gasteiger partial charge in [0.25, 0.3) is 5.69 Å². The number of non-ortho nitro benzene ring substituents is 1. The molecule has 1 aromatic rings. The number of ether oxygens (including phenoxy) is 1. The minimum atomic E-state index is -0.702. The summed E-state index contributed by atoms with van der Waals surface area (Å²) in [5, 5.41) is 15.1. The van der Waals surface area contributed by atoms with E-state index in [4.69, 9.17) is 4.74 Å². The highest BCUT2D eigenvalue weighted by atomic mass is 32.2. The molecule has 1 saturated heterocycles. The van der Waals surface area contributed by atoms with Crippen LogP contribution in [0.15, 0.2) is 24.3 Å². The Balaban J connectivity index is 1.85. The maximum Gasteiger partial charge on any atom is 0.329 e. The van der Waals surface area contributed by atoms with Crippen molar-refractivity contribution < 1.29 is 24.0 Å². The molecule has 0 radical (unpaired) electrons. The van der Waals surface area contributed by atoms with Crippen molar-refractivity contribution >= 4 is 40.9 Å². The molecule has 0 saturated carbocycles. The van der Waals surface area contributed by atoms with Crippen LogP contribution in [-0.4, -0.2) is 46.4 Å². The fourth-order valence-electron chi connectivity index (χ4n) is 2.16. The smallest absolute Gasteiger partial charge is 0.329 e. The van der Waals surface area contributed by atoms with Crippen LogP contribution in [0.3, 0.4) is 0 Å². The summed E-state index contributed by atoms with van der Waals surface area (Å²) in [4.78, 5) is 45.7. The number of nitrogens with zero attached hydrogens (tertiary/aromatic N) is 1. The van der Waals surface area contributed by atoms with E-state index < -0.39 is 34.0 Å². The predicted octanol–water partition coefficient (Wildman–Crippen LogP) is 1.09. The molecule has 1 heterocycles. The molecule has 0 spiro atoms. The second kappa shape index (κ2) is 8.47. The number of carbonyl (C=O) groups excluding carboxylic acids is 3. The topological polar surface area (TPSA) is 128 Å². The molecular weight excluding hydrogens is 350 g/mol. The molecule has 9 nitrogen and oxygen atoms in total. The van der Waals surface area contributed by atoms with Crippen molar-refractivity contribution in [2.75, 3.05) is 17.7 Å². The number of carbonyl (C=O) groups is 3. The second-order valence-electron chi connectivity index (χ2n) is 5.19. The highest BCUT2D eigenvalue weighted by molar-refractivity contribution is 8.00. The molecule has 0 unspecified atom stereocenters. The molecule has 134 valence electrons. The summed E-state index contributed by atoms with van der Waals surface area (Å²) in [6.07, 6.45) is -0.0664. The average Bonchev–Trinajstić information content (AvgIpc) is 2.57. The van der Waals surface area contributed by atoms with Crippen molar-refractivity contribution in [3.8, 4) is 0 Å². The van der Waals surface area contributed by atoms with Gasteiger partial charge in [-0.3, -0.25) is 19.7 Å². The Morgan fingerprint density at radius 2 is 2.08 bits per heavy atom. The predicted molar refractivity (Wildman–Crippen MR) is 91.2 cm³/mol. The highest BCUT2D eigenvalue weighted by Gasteiger charge is 2.34. The first-order chi connectivity index (χ1) is 11.9. The van der Waals surface area contributed by atoms with E-state index in [0.29, 0.717) is 11.4 Å². The van der Waals surface area contributed by atoms with Gasteiger partial charge >= 0.3 is 5.97 Å². The van der Waals surface area contributed by atoms with Gasteiger partial charge in [0.05, 0.1) is 16.8 Å².